The zero-order chi connectivity index (χ0) is 19.6. The Hall–Kier alpha value is -2.53. The lowest BCUT2D eigenvalue weighted by Crippen LogP contribution is -2.41. The minimum Gasteiger partial charge on any atom is -0.489 e. The molecule has 5 nitrogen and oxygen atoms in total. The van der Waals surface area contributed by atoms with E-state index in [1.165, 1.54) is 16.7 Å². The Morgan fingerprint density at radius 2 is 1.78 bits per heavy atom. The van der Waals surface area contributed by atoms with Gasteiger partial charge in [0.15, 0.2) is 5.96 Å². The molecular weight excluding hydrogens is 336 g/mol. The standard InChI is InChI=1S/C22H32N4O/c1-17-7-6-8-21(13-17)27-18(2)14-24-22(23-3)25-15-19-9-11-20(12-10-19)16-26(4)5/h6-13,18H,14-16H2,1-5H3,(H2,23,24,25). The Bertz CT molecular complexity index is 725. The molecule has 0 spiro atoms. The minimum atomic E-state index is 0.0377. The molecule has 2 aromatic carbocycles. The van der Waals surface area contributed by atoms with E-state index in [1.807, 2.05) is 25.1 Å². The van der Waals surface area contributed by atoms with Gasteiger partial charge in [-0.2, -0.15) is 0 Å². The van der Waals surface area contributed by atoms with Gasteiger partial charge in [-0.25, -0.2) is 0 Å². The number of rotatable bonds is 8. The van der Waals surface area contributed by atoms with Gasteiger partial charge in [-0.3, -0.25) is 4.99 Å². The molecule has 0 bridgehead atoms. The van der Waals surface area contributed by atoms with Crippen molar-refractivity contribution >= 4 is 5.96 Å². The lowest BCUT2D eigenvalue weighted by molar-refractivity contribution is 0.223. The topological polar surface area (TPSA) is 48.9 Å². The van der Waals surface area contributed by atoms with Gasteiger partial charge in [0.2, 0.25) is 0 Å². The van der Waals surface area contributed by atoms with Gasteiger partial charge in [-0.05, 0) is 56.8 Å². The molecule has 27 heavy (non-hydrogen) atoms. The molecule has 0 heterocycles. The van der Waals surface area contributed by atoms with Crippen molar-refractivity contribution in [3.8, 4) is 5.75 Å². The van der Waals surface area contributed by atoms with Crippen molar-refractivity contribution in [2.24, 2.45) is 4.99 Å². The third-order valence-corrected chi connectivity index (χ3v) is 4.09. The predicted octanol–water partition coefficient (Wildman–Crippen LogP) is 3.19. The maximum Gasteiger partial charge on any atom is 0.191 e. The summed E-state index contributed by atoms with van der Waals surface area (Å²) in [6.07, 6.45) is 0.0377. The molecule has 2 N–H and O–H groups in total. The molecule has 0 aromatic heterocycles. The normalized spacial score (nSPS) is 12.7. The summed E-state index contributed by atoms with van der Waals surface area (Å²) in [7, 11) is 5.94. The van der Waals surface area contributed by atoms with Crippen LogP contribution in [0, 0.1) is 6.92 Å². The third kappa shape index (κ3) is 7.71. The first kappa shape index (κ1) is 20.8. The summed E-state index contributed by atoms with van der Waals surface area (Å²) in [6.45, 7) is 6.47. The molecule has 1 atom stereocenters. The number of hydrogen-bond donors (Lipinski definition) is 2. The van der Waals surface area contributed by atoms with E-state index < -0.39 is 0 Å². The molecular formula is C22H32N4O. The largest absolute Gasteiger partial charge is 0.489 e. The van der Waals surface area contributed by atoms with Crippen LogP contribution >= 0.6 is 0 Å². The summed E-state index contributed by atoms with van der Waals surface area (Å²) < 4.78 is 5.95. The van der Waals surface area contributed by atoms with Crippen LogP contribution in [0.1, 0.15) is 23.6 Å². The predicted molar refractivity (Wildman–Crippen MR) is 113 cm³/mol. The monoisotopic (exact) mass is 368 g/mol. The Kier molecular flexibility index (Phi) is 8.14. The Balaban J connectivity index is 1.76. The van der Waals surface area contributed by atoms with Gasteiger partial charge in [-0.1, -0.05) is 36.4 Å². The molecule has 0 radical (unpaired) electrons. The summed E-state index contributed by atoms with van der Waals surface area (Å²) in [4.78, 5) is 6.45. The van der Waals surface area contributed by atoms with E-state index >= 15 is 0 Å². The third-order valence-electron chi connectivity index (χ3n) is 4.09. The molecule has 0 aliphatic carbocycles. The lowest BCUT2D eigenvalue weighted by Gasteiger charge is -2.18. The number of nitrogens with one attached hydrogen (secondary N) is 2. The Labute approximate surface area is 163 Å². The van der Waals surface area contributed by atoms with E-state index in [9.17, 15) is 0 Å². The molecule has 0 amide bonds. The smallest absolute Gasteiger partial charge is 0.191 e. The highest BCUT2D eigenvalue weighted by atomic mass is 16.5. The highest BCUT2D eigenvalue weighted by molar-refractivity contribution is 5.79. The molecule has 0 aliphatic heterocycles. The summed E-state index contributed by atoms with van der Waals surface area (Å²) in [5.74, 6) is 1.66. The first-order valence-electron chi connectivity index (χ1n) is 9.36. The molecule has 146 valence electrons. The number of guanidine groups is 1. The van der Waals surface area contributed by atoms with E-state index in [2.05, 4.69) is 71.9 Å². The Morgan fingerprint density at radius 3 is 2.41 bits per heavy atom. The van der Waals surface area contributed by atoms with Gasteiger partial charge >= 0.3 is 0 Å². The van der Waals surface area contributed by atoms with E-state index in [-0.39, 0.29) is 6.10 Å². The number of aryl methyl sites for hydroxylation is 1. The molecule has 2 rings (SSSR count). The lowest BCUT2D eigenvalue weighted by atomic mass is 10.1. The molecule has 0 aliphatic rings. The van der Waals surface area contributed by atoms with Crippen LogP contribution in [-0.2, 0) is 13.1 Å². The fraction of sp³-hybridized carbons (Fsp3) is 0.409. The van der Waals surface area contributed by atoms with Crippen molar-refractivity contribution in [1.82, 2.24) is 15.5 Å². The number of ether oxygens (including phenoxy) is 1. The molecule has 0 saturated heterocycles. The molecule has 5 heteroatoms. The van der Waals surface area contributed by atoms with Crippen LogP contribution in [-0.4, -0.2) is 44.7 Å². The van der Waals surface area contributed by atoms with Crippen LogP contribution in [0.3, 0.4) is 0 Å². The minimum absolute atomic E-state index is 0.0377. The van der Waals surface area contributed by atoms with Crippen molar-refractivity contribution in [2.75, 3.05) is 27.7 Å². The van der Waals surface area contributed by atoms with E-state index in [0.29, 0.717) is 6.54 Å². The van der Waals surface area contributed by atoms with E-state index in [1.54, 1.807) is 7.05 Å². The quantitative estimate of drug-likeness (QED) is 0.555. The fourth-order valence-electron chi connectivity index (χ4n) is 2.74. The first-order valence-corrected chi connectivity index (χ1v) is 9.36. The second-order valence-corrected chi connectivity index (χ2v) is 7.11. The van der Waals surface area contributed by atoms with E-state index in [0.717, 1.165) is 24.8 Å². The van der Waals surface area contributed by atoms with E-state index in [4.69, 9.17) is 4.74 Å². The summed E-state index contributed by atoms with van der Waals surface area (Å²) in [5.41, 5.74) is 3.74. The van der Waals surface area contributed by atoms with Crippen LogP contribution < -0.4 is 15.4 Å². The molecule has 0 saturated carbocycles. The van der Waals surface area contributed by atoms with Gasteiger partial charge < -0.3 is 20.3 Å². The second kappa shape index (κ2) is 10.6. The van der Waals surface area contributed by atoms with Crippen LogP contribution in [0.5, 0.6) is 5.75 Å². The van der Waals surface area contributed by atoms with Gasteiger partial charge in [0.05, 0.1) is 6.54 Å². The SMILES string of the molecule is CN=C(NCc1ccc(CN(C)C)cc1)NCC(C)Oc1cccc(C)c1. The van der Waals surface area contributed by atoms with Gasteiger partial charge in [0.1, 0.15) is 11.9 Å². The van der Waals surface area contributed by atoms with Crippen LogP contribution in [0.15, 0.2) is 53.5 Å². The number of nitrogens with zero attached hydrogens (tertiary/aromatic N) is 2. The highest BCUT2D eigenvalue weighted by Gasteiger charge is 2.06. The van der Waals surface area contributed by atoms with Crippen molar-refractivity contribution in [1.29, 1.82) is 0 Å². The van der Waals surface area contributed by atoms with Crippen molar-refractivity contribution in [3.63, 3.8) is 0 Å². The Morgan fingerprint density at radius 1 is 1.07 bits per heavy atom. The van der Waals surface area contributed by atoms with Gasteiger partial charge in [0.25, 0.3) is 0 Å². The van der Waals surface area contributed by atoms with Crippen LogP contribution in [0.2, 0.25) is 0 Å². The highest BCUT2D eigenvalue weighted by Crippen LogP contribution is 2.13. The number of aliphatic imine (C=N–C) groups is 1. The van der Waals surface area contributed by atoms with Gasteiger partial charge in [-0.15, -0.1) is 0 Å². The molecule has 1 unspecified atom stereocenters. The average molecular weight is 369 g/mol. The zero-order valence-corrected chi connectivity index (χ0v) is 17.1. The molecule has 2 aromatic rings. The van der Waals surface area contributed by atoms with Crippen molar-refractivity contribution in [2.45, 2.75) is 33.0 Å². The van der Waals surface area contributed by atoms with Crippen molar-refractivity contribution < 1.29 is 4.74 Å². The average Bonchev–Trinajstić information content (AvgIpc) is 2.62. The zero-order valence-electron chi connectivity index (χ0n) is 17.1. The molecule has 0 fully saturated rings. The summed E-state index contributed by atoms with van der Waals surface area (Å²) >= 11 is 0. The van der Waals surface area contributed by atoms with Crippen LogP contribution in [0.4, 0.5) is 0 Å². The van der Waals surface area contributed by atoms with Crippen LogP contribution in [0.25, 0.3) is 0 Å². The van der Waals surface area contributed by atoms with Gasteiger partial charge in [0, 0.05) is 20.1 Å². The maximum absolute atomic E-state index is 5.95. The fourth-order valence-corrected chi connectivity index (χ4v) is 2.74. The maximum atomic E-state index is 5.95. The summed E-state index contributed by atoms with van der Waals surface area (Å²) in [6, 6.07) is 16.8. The summed E-state index contributed by atoms with van der Waals surface area (Å²) in [5, 5.41) is 6.67. The first-order chi connectivity index (χ1) is 13.0. The number of benzene rings is 2. The number of hydrogen-bond acceptors (Lipinski definition) is 3. The van der Waals surface area contributed by atoms with Crippen molar-refractivity contribution in [3.05, 3.63) is 65.2 Å². The second-order valence-electron chi connectivity index (χ2n) is 7.11.